The third-order valence-electron chi connectivity index (χ3n) is 4.75. The molecular formula is C23H20F3N3OS2. The van der Waals surface area contributed by atoms with E-state index in [0.717, 1.165) is 23.4 Å². The predicted molar refractivity (Wildman–Crippen MR) is 120 cm³/mol. The van der Waals surface area contributed by atoms with Crippen LogP contribution in [0, 0.1) is 11.3 Å². The Balaban J connectivity index is 1.94. The van der Waals surface area contributed by atoms with Crippen molar-refractivity contribution >= 4 is 29.0 Å². The Hall–Kier alpha value is -2.83. The second-order valence-corrected chi connectivity index (χ2v) is 9.12. The molecule has 166 valence electrons. The van der Waals surface area contributed by atoms with Gasteiger partial charge in [-0.05, 0) is 36.4 Å². The van der Waals surface area contributed by atoms with Crippen LogP contribution in [0.3, 0.4) is 0 Å². The number of thiophene rings is 1. The third kappa shape index (κ3) is 5.50. The molecule has 2 heterocycles. The average molecular weight is 476 g/mol. The van der Waals surface area contributed by atoms with E-state index < -0.39 is 22.6 Å². The number of amides is 1. The molecular weight excluding hydrogens is 455 g/mol. The normalized spacial score (nSPS) is 13.2. The van der Waals surface area contributed by atoms with Gasteiger partial charge in [0.1, 0.15) is 11.1 Å². The number of rotatable bonds is 7. The lowest BCUT2D eigenvalue weighted by Crippen LogP contribution is -2.34. The van der Waals surface area contributed by atoms with E-state index in [1.807, 2.05) is 37.3 Å². The number of nitrogens with one attached hydrogen (secondary N) is 1. The van der Waals surface area contributed by atoms with Crippen molar-refractivity contribution in [2.45, 2.75) is 42.8 Å². The topological polar surface area (TPSA) is 65.8 Å². The highest BCUT2D eigenvalue weighted by Gasteiger charge is 2.37. The molecule has 0 aliphatic carbocycles. The van der Waals surface area contributed by atoms with Crippen molar-refractivity contribution in [3.8, 4) is 16.6 Å². The van der Waals surface area contributed by atoms with Crippen LogP contribution in [0.2, 0.25) is 0 Å². The number of hydrogen-bond donors (Lipinski definition) is 1. The van der Waals surface area contributed by atoms with Gasteiger partial charge in [-0.1, -0.05) is 55.1 Å². The molecule has 3 aromatic rings. The largest absolute Gasteiger partial charge is 0.417 e. The second kappa shape index (κ2) is 10.2. The molecule has 9 heteroatoms. The van der Waals surface area contributed by atoms with Crippen LogP contribution in [0.5, 0.6) is 0 Å². The van der Waals surface area contributed by atoms with Gasteiger partial charge < -0.3 is 5.32 Å². The van der Waals surface area contributed by atoms with Crippen molar-refractivity contribution in [1.29, 1.82) is 5.26 Å². The quantitative estimate of drug-likeness (QED) is 0.399. The average Bonchev–Trinajstić information content (AvgIpc) is 3.31. The number of aromatic nitrogens is 1. The first-order valence-electron chi connectivity index (χ1n) is 9.82. The van der Waals surface area contributed by atoms with E-state index in [1.54, 1.807) is 30.5 Å². The van der Waals surface area contributed by atoms with E-state index in [-0.39, 0.29) is 22.7 Å². The molecule has 1 aromatic carbocycles. The summed E-state index contributed by atoms with van der Waals surface area (Å²) in [5.74, 6) is -0.324. The standard InChI is InChI=1S/C23H20F3N3OS2/c1-3-19(21(30)28-14(2)15-8-5-4-6-9-15)32-22-16(13-27)17(23(24,25)26)12-18(29-22)20-10-7-11-31-20/h4-12,14,19H,3H2,1-2H3,(H,28,30)/t14-,19-/m0/s1. The van der Waals surface area contributed by atoms with Gasteiger partial charge in [0.05, 0.1) is 33.0 Å². The third-order valence-corrected chi connectivity index (χ3v) is 7.00. The number of carbonyl (C=O) groups is 1. The zero-order valence-electron chi connectivity index (χ0n) is 17.3. The molecule has 1 amide bonds. The smallest absolute Gasteiger partial charge is 0.349 e. The summed E-state index contributed by atoms with van der Waals surface area (Å²) in [6.45, 7) is 3.60. The summed E-state index contributed by atoms with van der Waals surface area (Å²) in [7, 11) is 0. The van der Waals surface area contributed by atoms with Crippen molar-refractivity contribution in [2.75, 3.05) is 0 Å². The van der Waals surface area contributed by atoms with Crippen LogP contribution in [0.1, 0.15) is 43.0 Å². The lowest BCUT2D eigenvalue weighted by molar-refractivity contribution is -0.138. The molecule has 0 fully saturated rings. The Morgan fingerprint density at radius 3 is 2.53 bits per heavy atom. The van der Waals surface area contributed by atoms with E-state index >= 15 is 0 Å². The number of alkyl halides is 3. The lowest BCUT2D eigenvalue weighted by atomic mass is 10.1. The summed E-state index contributed by atoms with van der Waals surface area (Å²) in [6, 6.07) is 15.0. The number of nitriles is 1. The summed E-state index contributed by atoms with van der Waals surface area (Å²) in [5.41, 5.74) is -0.573. The highest BCUT2D eigenvalue weighted by Crippen LogP contribution is 2.40. The van der Waals surface area contributed by atoms with Gasteiger partial charge in [-0.15, -0.1) is 11.3 Å². The molecule has 0 aliphatic heterocycles. The Labute approximate surface area is 192 Å². The minimum atomic E-state index is -4.72. The van der Waals surface area contributed by atoms with E-state index in [4.69, 9.17) is 0 Å². The summed E-state index contributed by atoms with van der Waals surface area (Å²) < 4.78 is 41.1. The maximum atomic E-state index is 13.7. The SMILES string of the molecule is CC[C@H](Sc1nc(-c2cccs2)cc(C(F)(F)F)c1C#N)C(=O)N[C@@H](C)c1ccccc1. The van der Waals surface area contributed by atoms with Crippen LogP contribution in [0.4, 0.5) is 13.2 Å². The first kappa shape index (κ1) is 23.8. The number of nitrogens with zero attached hydrogens (tertiary/aromatic N) is 2. The monoisotopic (exact) mass is 475 g/mol. The fourth-order valence-electron chi connectivity index (χ4n) is 3.08. The molecule has 0 radical (unpaired) electrons. The number of halogens is 3. The zero-order valence-corrected chi connectivity index (χ0v) is 18.9. The predicted octanol–water partition coefficient (Wildman–Crippen LogP) is 6.45. The van der Waals surface area contributed by atoms with Crippen molar-refractivity contribution in [1.82, 2.24) is 10.3 Å². The minimum Gasteiger partial charge on any atom is -0.349 e. The molecule has 0 aliphatic rings. The molecule has 3 rings (SSSR count). The minimum absolute atomic E-state index is 0.0971. The molecule has 0 saturated heterocycles. The van der Waals surface area contributed by atoms with Gasteiger partial charge in [-0.3, -0.25) is 4.79 Å². The molecule has 0 bridgehead atoms. The van der Waals surface area contributed by atoms with Crippen molar-refractivity contribution in [3.05, 3.63) is 70.6 Å². The molecule has 0 unspecified atom stereocenters. The van der Waals surface area contributed by atoms with Crippen LogP contribution in [0.25, 0.3) is 10.6 Å². The molecule has 0 spiro atoms. The number of pyridine rings is 1. The van der Waals surface area contributed by atoms with E-state index in [0.29, 0.717) is 11.3 Å². The van der Waals surface area contributed by atoms with E-state index in [9.17, 15) is 23.2 Å². The van der Waals surface area contributed by atoms with E-state index in [2.05, 4.69) is 10.3 Å². The number of carbonyl (C=O) groups excluding carboxylic acids is 1. The van der Waals surface area contributed by atoms with Crippen molar-refractivity contribution in [3.63, 3.8) is 0 Å². The lowest BCUT2D eigenvalue weighted by Gasteiger charge is -2.20. The van der Waals surface area contributed by atoms with Gasteiger partial charge in [-0.2, -0.15) is 18.4 Å². The maximum absolute atomic E-state index is 13.7. The van der Waals surface area contributed by atoms with Gasteiger partial charge in [-0.25, -0.2) is 4.98 Å². The van der Waals surface area contributed by atoms with Crippen LogP contribution in [-0.2, 0) is 11.0 Å². The molecule has 4 nitrogen and oxygen atoms in total. The van der Waals surface area contributed by atoms with E-state index in [1.165, 1.54) is 11.3 Å². The summed E-state index contributed by atoms with van der Waals surface area (Å²) >= 11 is 2.14. The first-order chi connectivity index (χ1) is 15.2. The van der Waals surface area contributed by atoms with Gasteiger partial charge in [0.2, 0.25) is 5.91 Å². The number of thioether (sulfide) groups is 1. The van der Waals surface area contributed by atoms with Crippen LogP contribution >= 0.6 is 23.1 Å². The number of benzene rings is 1. The van der Waals surface area contributed by atoms with Gasteiger partial charge in [0.25, 0.3) is 0 Å². The van der Waals surface area contributed by atoms with Crippen molar-refractivity contribution in [2.24, 2.45) is 0 Å². The Kier molecular flexibility index (Phi) is 7.59. The zero-order chi connectivity index (χ0) is 23.3. The van der Waals surface area contributed by atoms with Gasteiger partial charge in [0, 0.05) is 0 Å². The van der Waals surface area contributed by atoms with Crippen LogP contribution < -0.4 is 5.32 Å². The Bertz CT molecular complexity index is 1110. The Morgan fingerprint density at radius 2 is 1.97 bits per heavy atom. The maximum Gasteiger partial charge on any atom is 0.417 e. The van der Waals surface area contributed by atoms with Gasteiger partial charge >= 0.3 is 6.18 Å². The fourth-order valence-corrected chi connectivity index (χ4v) is 4.80. The summed E-state index contributed by atoms with van der Waals surface area (Å²) in [4.78, 5) is 17.8. The Morgan fingerprint density at radius 1 is 1.25 bits per heavy atom. The number of hydrogen-bond acceptors (Lipinski definition) is 5. The molecule has 2 aromatic heterocycles. The molecule has 1 N–H and O–H groups in total. The summed E-state index contributed by atoms with van der Waals surface area (Å²) in [5, 5.41) is 13.3. The fraction of sp³-hybridized carbons (Fsp3) is 0.261. The van der Waals surface area contributed by atoms with Crippen LogP contribution in [-0.4, -0.2) is 16.1 Å². The summed E-state index contributed by atoms with van der Waals surface area (Å²) in [6.07, 6.45) is -4.36. The van der Waals surface area contributed by atoms with Crippen molar-refractivity contribution < 1.29 is 18.0 Å². The first-order valence-corrected chi connectivity index (χ1v) is 11.6. The molecule has 32 heavy (non-hydrogen) atoms. The highest BCUT2D eigenvalue weighted by atomic mass is 32.2. The van der Waals surface area contributed by atoms with Gasteiger partial charge in [0.15, 0.2) is 0 Å². The highest BCUT2D eigenvalue weighted by molar-refractivity contribution is 8.00. The second-order valence-electron chi connectivity index (χ2n) is 6.98. The molecule has 0 saturated carbocycles. The van der Waals surface area contributed by atoms with Crippen LogP contribution in [0.15, 0.2) is 58.9 Å². The molecule has 2 atom stereocenters.